The summed E-state index contributed by atoms with van der Waals surface area (Å²) in [7, 11) is 0. The lowest BCUT2D eigenvalue weighted by Crippen LogP contribution is -2.13. The molecule has 0 unspecified atom stereocenters. The Morgan fingerprint density at radius 1 is 1.14 bits per heavy atom. The highest BCUT2D eigenvalue weighted by molar-refractivity contribution is 7.14. The zero-order valence-corrected chi connectivity index (χ0v) is 14.9. The monoisotopic (exact) mass is 393 g/mol. The van der Waals surface area contributed by atoms with E-state index in [0.717, 1.165) is 16.7 Å². The van der Waals surface area contributed by atoms with Crippen molar-refractivity contribution in [2.24, 2.45) is 0 Å². The van der Waals surface area contributed by atoms with Gasteiger partial charge in [-0.05, 0) is 18.2 Å². The zero-order chi connectivity index (χ0) is 19.7. The lowest BCUT2D eigenvalue weighted by molar-refractivity contribution is -0.385. The molecule has 8 nitrogen and oxygen atoms in total. The molecule has 0 aliphatic heterocycles. The Hall–Kier alpha value is -3.85. The Kier molecular flexibility index (Phi) is 4.42. The number of nitrogens with zero attached hydrogens (tertiary/aromatic N) is 2. The molecule has 0 saturated heterocycles. The van der Waals surface area contributed by atoms with Crippen LogP contribution in [0.3, 0.4) is 0 Å². The average molecular weight is 393 g/mol. The van der Waals surface area contributed by atoms with Gasteiger partial charge >= 0.3 is 5.63 Å². The van der Waals surface area contributed by atoms with Gasteiger partial charge in [0.15, 0.2) is 5.13 Å². The number of benzene rings is 2. The van der Waals surface area contributed by atoms with E-state index in [1.165, 1.54) is 24.3 Å². The third kappa shape index (κ3) is 3.26. The van der Waals surface area contributed by atoms with Crippen molar-refractivity contribution < 1.29 is 14.1 Å². The summed E-state index contributed by atoms with van der Waals surface area (Å²) in [6.07, 6.45) is 0. The minimum atomic E-state index is -0.654. The molecule has 1 amide bonds. The highest BCUT2D eigenvalue weighted by atomic mass is 32.1. The Balaban J connectivity index is 1.64. The number of rotatable bonds is 4. The van der Waals surface area contributed by atoms with E-state index in [-0.39, 0.29) is 21.9 Å². The van der Waals surface area contributed by atoms with E-state index in [0.29, 0.717) is 11.3 Å². The average Bonchev–Trinajstić information content (AvgIpc) is 3.15. The minimum absolute atomic E-state index is 0.0746. The van der Waals surface area contributed by atoms with E-state index < -0.39 is 16.5 Å². The number of hydrogen-bond acceptors (Lipinski definition) is 7. The van der Waals surface area contributed by atoms with Crippen LogP contribution in [0.25, 0.3) is 22.2 Å². The van der Waals surface area contributed by atoms with Gasteiger partial charge in [-0.2, -0.15) is 0 Å². The molecule has 0 aliphatic carbocycles. The van der Waals surface area contributed by atoms with Crippen LogP contribution in [0.4, 0.5) is 10.8 Å². The molecule has 0 spiro atoms. The maximum Gasteiger partial charge on any atom is 0.345 e. The number of para-hydroxylation sites is 2. The van der Waals surface area contributed by atoms with Crippen LogP contribution in [0.1, 0.15) is 10.4 Å². The molecule has 0 aliphatic rings. The van der Waals surface area contributed by atoms with Crippen molar-refractivity contribution in [2.75, 3.05) is 5.32 Å². The first-order valence-corrected chi connectivity index (χ1v) is 8.94. The second-order valence-electron chi connectivity index (χ2n) is 5.75. The first-order valence-electron chi connectivity index (χ1n) is 8.06. The number of fused-ring (bicyclic) bond motifs is 1. The van der Waals surface area contributed by atoms with Gasteiger partial charge < -0.3 is 4.42 Å². The Labute approximate surface area is 161 Å². The molecular weight excluding hydrogens is 382 g/mol. The quantitative estimate of drug-likeness (QED) is 0.317. The molecule has 4 rings (SSSR count). The number of nitro benzene ring substituents is 1. The maximum absolute atomic E-state index is 12.4. The first-order chi connectivity index (χ1) is 13.5. The fraction of sp³-hybridized carbons (Fsp3) is 0. The second kappa shape index (κ2) is 7.05. The number of nitrogens with one attached hydrogen (secondary N) is 1. The van der Waals surface area contributed by atoms with Gasteiger partial charge in [-0.25, -0.2) is 9.78 Å². The van der Waals surface area contributed by atoms with Gasteiger partial charge in [-0.1, -0.05) is 30.3 Å². The lowest BCUT2D eigenvalue weighted by Gasteiger charge is -2.02. The van der Waals surface area contributed by atoms with Crippen LogP contribution in [0.2, 0.25) is 0 Å². The third-order valence-electron chi connectivity index (χ3n) is 3.99. The predicted molar refractivity (Wildman–Crippen MR) is 105 cm³/mol. The Morgan fingerprint density at radius 3 is 2.71 bits per heavy atom. The summed E-state index contributed by atoms with van der Waals surface area (Å²) < 4.78 is 5.30. The van der Waals surface area contributed by atoms with E-state index in [2.05, 4.69) is 10.3 Å². The molecule has 0 atom stereocenters. The number of hydrogen-bond donors (Lipinski definition) is 1. The molecule has 0 fully saturated rings. The van der Waals surface area contributed by atoms with Crippen molar-refractivity contribution in [1.29, 1.82) is 0 Å². The molecule has 0 saturated carbocycles. The highest BCUT2D eigenvalue weighted by Crippen LogP contribution is 2.26. The van der Waals surface area contributed by atoms with E-state index in [1.54, 1.807) is 23.6 Å². The van der Waals surface area contributed by atoms with Crippen molar-refractivity contribution >= 4 is 39.0 Å². The normalized spacial score (nSPS) is 10.7. The summed E-state index contributed by atoms with van der Waals surface area (Å²) in [6.45, 7) is 0. The number of aromatic nitrogens is 1. The zero-order valence-electron chi connectivity index (χ0n) is 14.1. The molecule has 2 aromatic carbocycles. The topological polar surface area (TPSA) is 115 Å². The van der Waals surface area contributed by atoms with Gasteiger partial charge in [0.05, 0.1) is 16.2 Å². The summed E-state index contributed by atoms with van der Waals surface area (Å²) in [5.74, 6) is -0.654. The van der Waals surface area contributed by atoms with Crippen LogP contribution in [0.5, 0.6) is 0 Å². The number of amides is 1. The minimum Gasteiger partial charge on any atom is -0.422 e. The molecular formula is C19H11N3O5S. The van der Waals surface area contributed by atoms with Crippen molar-refractivity contribution in [1.82, 2.24) is 4.98 Å². The smallest absolute Gasteiger partial charge is 0.345 e. The van der Waals surface area contributed by atoms with E-state index >= 15 is 0 Å². The number of carbonyl (C=O) groups excluding carboxylic acids is 1. The largest absolute Gasteiger partial charge is 0.422 e. The fourth-order valence-electron chi connectivity index (χ4n) is 2.68. The summed E-state index contributed by atoms with van der Waals surface area (Å²) in [4.78, 5) is 39.3. The number of anilines is 1. The van der Waals surface area contributed by atoms with Crippen molar-refractivity contribution in [3.63, 3.8) is 0 Å². The molecule has 138 valence electrons. The molecule has 28 heavy (non-hydrogen) atoms. The van der Waals surface area contributed by atoms with E-state index in [9.17, 15) is 19.7 Å². The lowest BCUT2D eigenvalue weighted by atomic mass is 10.1. The Bertz CT molecular complexity index is 1280. The number of nitro groups is 1. The fourth-order valence-corrected chi connectivity index (χ4v) is 3.39. The van der Waals surface area contributed by atoms with Crippen LogP contribution in [-0.2, 0) is 0 Å². The summed E-state index contributed by atoms with van der Waals surface area (Å²) in [5.41, 5.74) is 0.168. The van der Waals surface area contributed by atoms with Crippen LogP contribution >= 0.6 is 11.3 Å². The van der Waals surface area contributed by atoms with Gasteiger partial charge in [0.1, 0.15) is 11.1 Å². The van der Waals surface area contributed by atoms with Gasteiger partial charge in [0.25, 0.3) is 11.6 Å². The van der Waals surface area contributed by atoms with Crippen LogP contribution in [-0.4, -0.2) is 15.8 Å². The van der Waals surface area contributed by atoms with Gasteiger partial charge in [-0.15, -0.1) is 11.3 Å². The van der Waals surface area contributed by atoms with E-state index in [4.69, 9.17) is 4.42 Å². The molecule has 9 heteroatoms. The molecule has 1 N–H and O–H groups in total. The summed E-state index contributed by atoms with van der Waals surface area (Å²) in [5, 5.41) is 16.2. The SMILES string of the molecule is O=C(Nc1nc(-c2cc3ccccc3oc2=O)cs1)c1ccccc1[N+](=O)[O-]. The van der Waals surface area contributed by atoms with Crippen LogP contribution < -0.4 is 10.9 Å². The maximum atomic E-state index is 12.4. The van der Waals surface area contributed by atoms with Crippen molar-refractivity contribution in [2.45, 2.75) is 0 Å². The van der Waals surface area contributed by atoms with Gasteiger partial charge in [0.2, 0.25) is 0 Å². The second-order valence-corrected chi connectivity index (χ2v) is 6.61. The summed E-state index contributed by atoms with van der Waals surface area (Å²) in [6, 6.07) is 14.4. The molecule has 0 bridgehead atoms. The van der Waals surface area contributed by atoms with Gasteiger partial charge in [0, 0.05) is 16.8 Å². The molecule has 4 aromatic rings. The Morgan fingerprint density at radius 2 is 1.89 bits per heavy atom. The van der Waals surface area contributed by atoms with Crippen molar-refractivity contribution in [3.05, 3.63) is 86.1 Å². The highest BCUT2D eigenvalue weighted by Gasteiger charge is 2.20. The van der Waals surface area contributed by atoms with Gasteiger partial charge in [-0.3, -0.25) is 20.2 Å². The summed E-state index contributed by atoms with van der Waals surface area (Å²) >= 11 is 1.10. The van der Waals surface area contributed by atoms with Crippen LogP contribution in [0, 0.1) is 10.1 Å². The van der Waals surface area contributed by atoms with E-state index in [1.807, 2.05) is 12.1 Å². The van der Waals surface area contributed by atoms with Crippen molar-refractivity contribution in [3.8, 4) is 11.3 Å². The molecule has 2 aromatic heterocycles. The number of carbonyl (C=O) groups is 1. The standard InChI is InChI=1S/C19H11N3O5S/c23-17(12-6-2-3-7-15(12)22(25)26)21-19-20-14(10-28-19)13-9-11-5-1-4-8-16(11)27-18(13)24/h1-10H,(H,20,21,23). The molecule has 2 heterocycles. The van der Waals surface area contributed by atoms with Crippen LogP contribution in [0.15, 0.2) is 69.2 Å². The third-order valence-corrected chi connectivity index (χ3v) is 4.75. The first kappa shape index (κ1) is 17.6. The molecule has 0 radical (unpaired) electrons. The predicted octanol–water partition coefficient (Wildman–Crippen LogP) is 4.08. The number of thiazole rings is 1.